The number of phenols is 1. The number of nitrogens with one attached hydrogen (secondary N) is 2. The van der Waals surface area contributed by atoms with E-state index in [0.717, 1.165) is 16.7 Å². The summed E-state index contributed by atoms with van der Waals surface area (Å²) in [5.74, 6) is -0.181. The molecule has 3 amide bonds. The van der Waals surface area contributed by atoms with E-state index >= 15 is 0 Å². The lowest BCUT2D eigenvalue weighted by Crippen LogP contribution is -2.22. The first-order valence-electron chi connectivity index (χ1n) is 6.15. The van der Waals surface area contributed by atoms with Gasteiger partial charge in [-0.3, -0.25) is 10.1 Å². The third-order valence-electron chi connectivity index (χ3n) is 3.22. The predicted molar refractivity (Wildman–Crippen MR) is 73.0 cm³/mol. The van der Waals surface area contributed by atoms with Crippen LogP contribution in [0.4, 0.5) is 4.79 Å². The Hall–Kier alpha value is -2.82. The van der Waals surface area contributed by atoms with Gasteiger partial charge >= 0.3 is 6.03 Å². The van der Waals surface area contributed by atoms with Gasteiger partial charge in [0.2, 0.25) is 0 Å². The number of hydrogen-bond donors (Lipinski definition) is 3. The van der Waals surface area contributed by atoms with Crippen LogP contribution in [0.2, 0.25) is 0 Å². The molecule has 0 radical (unpaired) electrons. The van der Waals surface area contributed by atoms with Gasteiger partial charge in [-0.15, -0.1) is 0 Å². The van der Waals surface area contributed by atoms with E-state index < -0.39 is 12.1 Å². The molecule has 1 aliphatic rings. The summed E-state index contributed by atoms with van der Waals surface area (Å²) in [5, 5.41) is 14.2. The number of rotatable bonds is 2. The van der Waals surface area contributed by atoms with E-state index in [1.807, 2.05) is 18.2 Å². The van der Waals surface area contributed by atoms with Crippen LogP contribution >= 0.6 is 0 Å². The molecule has 0 spiro atoms. The van der Waals surface area contributed by atoms with Crippen LogP contribution in [-0.4, -0.2) is 17.0 Å². The zero-order valence-corrected chi connectivity index (χ0v) is 10.5. The smallest absolute Gasteiger partial charge is 0.322 e. The molecule has 1 saturated heterocycles. The van der Waals surface area contributed by atoms with Gasteiger partial charge in [-0.1, -0.05) is 36.4 Å². The van der Waals surface area contributed by atoms with Crippen molar-refractivity contribution in [2.75, 3.05) is 0 Å². The number of urea groups is 1. The Morgan fingerprint density at radius 2 is 1.65 bits per heavy atom. The first kappa shape index (κ1) is 12.2. The van der Waals surface area contributed by atoms with E-state index in [1.54, 1.807) is 30.3 Å². The van der Waals surface area contributed by atoms with Crippen molar-refractivity contribution in [2.24, 2.45) is 0 Å². The number of hydrogen-bond acceptors (Lipinski definition) is 3. The Morgan fingerprint density at radius 1 is 0.950 bits per heavy atom. The Balaban J connectivity index is 2.07. The van der Waals surface area contributed by atoms with Gasteiger partial charge in [-0.05, 0) is 28.8 Å². The van der Waals surface area contributed by atoms with Gasteiger partial charge in [0.25, 0.3) is 5.91 Å². The number of phenolic OH excluding ortho intramolecular Hbond substituents is 1. The van der Waals surface area contributed by atoms with Crippen molar-refractivity contribution in [3.8, 4) is 16.9 Å². The van der Waals surface area contributed by atoms with Gasteiger partial charge in [-0.25, -0.2) is 4.79 Å². The Bertz CT molecular complexity index is 680. The van der Waals surface area contributed by atoms with E-state index in [9.17, 15) is 14.7 Å². The first-order chi connectivity index (χ1) is 9.65. The van der Waals surface area contributed by atoms with Crippen LogP contribution < -0.4 is 10.6 Å². The van der Waals surface area contributed by atoms with E-state index in [2.05, 4.69) is 10.6 Å². The lowest BCUT2D eigenvalue weighted by atomic mass is 9.95. The molecule has 5 heteroatoms. The minimum Gasteiger partial charge on any atom is -0.508 e. The van der Waals surface area contributed by atoms with Crippen LogP contribution in [0.25, 0.3) is 11.1 Å². The van der Waals surface area contributed by atoms with Gasteiger partial charge in [0, 0.05) is 0 Å². The molecular weight excluding hydrogens is 256 g/mol. The van der Waals surface area contributed by atoms with Gasteiger partial charge < -0.3 is 10.4 Å². The summed E-state index contributed by atoms with van der Waals surface area (Å²) in [6.07, 6.45) is 0. The Morgan fingerprint density at radius 3 is 2.30 bits per heavy atom. The Labute approximate surface area is 115 Å². The molecule has 1 atom stereocenters. The second-order valence-electron chi connectivity index (χ2n) is 4.53. The molecule has 0 aromatic heterocycles. The maximum absolute atomic E-state index is 11.8. The molecule has 20 heavy (non-hydrogen) atoms. The lowest BCUT2D eigenvalue weighted by molar-refractivity contribution is -0.120. The number of carbonyl (C=O) groups excluding carboxylic acids is 2. The molecule has 5 nitrogen and oxygen atoms in total. The fourth-order valence-corrected chi connectivity index (χ4v) is 2.29. The van der Waals surface area contributed by atoms with E-state index in [0.29, 0.717) is 0 Å². The zero-order chi connectivity index (χ0) is 14.1. The minimum atomic E-state index is -0.687. The molecule has 0 saturated carbocycles. The molecule has 1 heterocycles. The molecule has 2 aromatic rings. The van der Waals surface area contributed by atoms with Crippen molar-refractivity contribution in [2.45, 2.75) is 6.04 Å². The standard InChI is InChI=1S/C15H12N2O3/c18-10-7-5-9(6-8-10)11-3-1-2-4-12(11)13-14(19)17-15(20)16-13/h1-8,13,18H,(H2,16,17,19,20). The predicted octanol–water partition coefficient (Wildman–Crippen LogP) is 1.94. The van der Waals surface area contributed by atoms with Gasteiger partial charge in [0.1, 0.15) is 11.8 Å². The van der Waals surface area contributed by atoms with Crippen molar-refractivity contribution in [3.63, 3.8) is 0 Å². The summed E-state index contributed by atoms with van der Waals surface area (Å²) in [6.45, 7) is 0. The number of imide groups is 1. The van der Waals surface area contributed by atoms with Crippen molar-refractivity contribution < 1.29 is 14.7 Å². The number of aromatic hydroxyl groups is 1. The summed E-state index contributed by atoms with van der Waals surface area (Å²) in [6, 6.07) is 12.9. The summed E-state index contributed by atoms with van der Waals surface area (Å²) in [7, 11) is 0. The molecule has 3 N–H and O–H groups in total. The summed E-state index contributed by atoms with van der Waals surface area (Å²) >= 11 is 0. The molecular formula is C15H12N2O3. The highest BCUT2D eigenvalue weighted by Crippen LogP contribution is 2.30. The topological polar surface area (TPSA) is 78.4 Å². The average molecular weight is 268 g/mol. The number of amides is 3. The van der Waals surface area contributed by atoms with Crippen LogP contribution in [0.15, 0.2) is 48.5 Å². The SMILES string of the molecule is O=C1NC(=O)C(c2ccccc2-c2ccc(O)cc2)N1. The van der Waals surface area contributed by atoms with Crippen molar-refractivity contribution >= 4 is 11.9 Å². The monoisotopic (exact) mass is 268 g/mol. The molecule has 0 bridgehead atoms. The van der Waals surface area contributed by atoms with Crippen LogP contribution in [0, 0.1) is 0 Å². The van der Waals surface area contributed by atoms with Crippen LogP contribution in [0.1, 0.15) is 11.6 Å². The normalized spacial score (nSPS) is 17.7. The quantitative estimate of drug-likeness (QED) is 0.728. The highest BCUT2D eigenvalue weighted by atomic mass is 16.3. The molecule has 100 valence electrons. The fraction of sp³-hybridized carbons (Fsp3) is 0.0667. The minimum absolute atomic E-state index is 0.179. The average Bonchev–Trinajstić information content (AvgIpc) is 2.78. The third-order valence-corrected chi connectivity index (χ3v) is 3.22. The fourth-order valence-electron chi connectivity index (χ4n) is 2.29. The van der Waals surface area contributed by atoms with Gasteiger partial charge in [0.15, 0.2) is 0 Å². The van der Waals surface area contributed by atoms with Gasteiger partial charge in [0.05, 0.1) is 0 Å². The molecule has 3 rings (SSSR count). The molecule has 2 aromatic carbocycles. The Kier molecular flexibility index (Phi) is 2.87. The second kappa shape index (κ2) is 4.70. The van der Waals surface area contributed by atoms with E-state index in [1.165, 1.54) is 0 Å². The molecule has 1 fully saturated rings. The summed E-state index contributed by atoms with van der Waals surface area (Å²) in [4.78, 5) is 23.0. The maximum Gasteiger partial charge on any atom is 0.322 e. The summed E-state index contributed by atoms with van der Waals surface area (Å²) < 4.78 is 0. The summed E-state index contributed by atoms with van der Waals surface area (Å²) in [5.41, 5.74) is 2.43. The van der Waals surface area contributed by atoms with Gasteiger partial charge in [-0.2, -0.15) is 0 Å². The lowest BCUT2D eigenvalue weighted by Gasteiger charge is -2.13. The van der Waals surface area contributed by atoms with Crippen molar-refractivity contribution in [3.05, 3.63) is 54.1 Å². The van der Waals surface area contributed by atoms with Crippen molar-refractivity contribution in [1.29, 1.82) is 0 Å². The van der Waals surface area contributed by atoms with Crippen LogP contribution in [0.3, 0.4) is 0 Å². The molecule has 1 aliphatic heterocycles. The molecule has 1 unspecified atom stereocenters. The molecule has 0 aliphatic carbocycles. The highest BCUT2D eigenvalue weighted by Gasteiger charge is 2.32. The third kappa shape index (κ3) is 2.09. The highest BCUT2D eigenvalue weighted by molar-refractivity contribution is 6.05. The maximum atomic E-state index is 11.8. The van der Waals surface area contributed by atoms with Crippen LogP contribution in [-0.2, 0) is 4.79 Å². The van der Waals surface area contributed by atoms with E-state index in [-0.39, 0.29) is 11.7 Å². The van der Waals surface area contributed by atoms with Crippen LogP contribution in [0.5, 0.6) is 5.75 Å². The van der Waals surface area contributed by atoms with E-state index in [4.69, 9.17) is 0 Å². The number of carbonyl (C=O) groups is 2. The van der Waals surface area contributed by atoms with Crippen molar-refractivity contribution in [1.82, 2.24) is 10.6 Å². The second-order valence-corrected chi connectivity index (χ2v) is 4.53. The number of benzene rings is 2. The first-order valence-corrected chi connectivity index (χ1v) is 6.15. The zero-order valence-electron chi connectivity index (χ0n) is 10.5. The largest absolute Gasteiger partial charge is 0.508 e.